The molecule has 0 bridgehead atoms. The van der Waals surface area contributed by atoms with E-state index in [1.807, 2.05) is 38.1 Å². The van der Waals surface area contributed by atoms with Gasteiger partial charge in [0.15, 0.2) is 0 Å². The predicted octanol–water partition coefficient (Wildman–Crippen LogP) is 3.92. The Bertz CT molecular complexity index is 661. The molecule has 3 nitrogen and oxygen atoms in total. The standard InChI is InChI=1S/C18H21ClFNO2/c1-18(2,12-22)21-10-13-4-3-5-16(8-13)23-11-14-6-7-15(20)9-17(14)19/h3-9,21-22H,10-12H2,1-2H3. The van der Waals surface area contributed by atoms with Gasteiger partial charge in [-0.3, -0.25) is 0 Å². The van der Waals surface area contributed by atoms with Crippen LogP contribution in [0.5, 0.6) is 5.75 Å². The molecule has 23 heavy (non-hydrogen) atoms. The number of aliphatic hydroxyl groups excluding tert-OH is 1. The van der Waals surface area contributed by atoms with Gasteiger partial charge in [-0.25, -0.2) is 4.39 Å². The Morgan fingerprint density at radius 3 is 2.70 bits per heavy atom. The number of nitrogens with one attached hydrogen (secondary N) is 1. The minimum atomic E-state index is -0.363. The summed E-state index contributed by atoms with van der Waals surface area (Å²) in [6.07, 6.45) is 0. The summed E-state index contributed by atoms with van der Waals surface area (Å²) in [6.45, 7) is 4.83. The highest BCUT2D eigenvalue weighted by Gasteiger charge is 2.14. The van der Waals surface area contributed by atoms with E-state index in [1.54, 1.807) is 6.07 Å². The van der Waals surface area contributed by atoms with Crippen molar-refractivity contribution in [2.24, 2.45) is 0 Å². The van der Waals surface area contributed by atoms with Crippen molar-refractivity contribution in [2.75, 3.05) is 6.61 Å². The monoisotopic (exact) mass is 337 g/mol. The van der Waals surface area contributed by atoms with E-state index in [0.717, 1.165) is 11.1 Å². The number of rotatable bonds is 7. The first-order valence-corrected chi connectivity index (χ1v) is 7.79. The highest BCUT2D eigenvalue weighted by atomic mass is 35.5. The molecule has 2 aromatic carbocycles. The summed E-state index contributed by atoms with van der Waals surface area (Å²) in [7, 11) is 0. The lowest BCUT2D eigenvalue weighted by molar-refractivity contribution is 0.187. The number of benzene rings is 2. The number of ether oxygens (including phenoxy) is 1. The second kappa shape index (κ2) is 7.77. The molecule has 0 heterocycles. The van der Waals surface area contributed by atoms with Gasteiger partial charge >= 0.3 is 0 Å². The zero-order chi connectivity index (χ0) is 16.9. The lowest BCUT2D eigenvalue weighted by atomic mass is 10.1. The molecule has 0 atom stereocenters. The average Bonchev–Trinajstić information content (AvgIpc) is 2.53. The fraction of sp³-hybridized carbons (Fsp3) is 0.333. The van der Waals surface area contributed by atoms with E-state index < -0.39 is 0 Å². The highest BCUT2D eigenvalue weighted by Crippen LogP contribution is 2.21. The molecule has 0 radical (unpaired) electrons. The number of hydrogen-bond donors (Lipinski definition) is 2. The largest absolute Gasteiger partial charge is 0.489 e. The summed E-state index contributed by atoms with van der Waals surface area (Å²) in [6, 6.07) is 11.9. The first-order chi connectivity index (χ1) is 10.9. The molecule has 0 saturated heterocycles. The molecule has 0 amide bonds. The van der Waals surface area contributed by atoms with E-state index in [9.17, 15) is 9.50 Å². The molecule has 0 fully saturated rings. The van der Waals surface area contributed by atoms with Gasteiger partial charge in [-0.2, -0.15) is 0 Å². The lowest BCUT2D eigenvalue weighted by Crippen LogP contribution is -2.42. The minimum Gasteiger partial charge on any atom is -0.489 e. The van der Waals surface area contributed by atoms with Crippen molar-refractivity contribution in [3.05, 3.63) is 64.4 Å². The molecule has 2 N–H and O–H groups in total. The quantitative estimate of drug-likeness (QED) is 0.804. The molecule has 0 unspecified atom stereocenters. The second-order valence-electron chi connectivity index (χ2n) is 6.07. The van der Waals surface area contributed by atoms with Crippen molar-refractivity contribution in [2.45, 2.75) is 32.5 Å². The highest BCUT2D eigenvalue weighted by molar-refractivity contribution is 6.31. The van der Waals surface area contributed by atoms with Crippen LogP contribution in [0.4, 0.5) is 4.39 Å². The number of halogens is 2. The predicted molar refractivity (Wildman–Crippen MR) is 90.2 cm³/mol. The van der Waals surface area contributed by atoms with E-state index >= 15 is 0 Å². The lowest BCUT2D eigenvalue weighted by Gasteiger charge is -2.23. The van der Waals surface area contributed by atoms with Gasteiger partial charge in [0.05, 0.1) is 11.6 Å². The van der Waals surface area contributed by atoms with Crippen LogP contribution in [0.15, 0.2) is 42.5 Å². The Hall–Kier alpha value is -1.62. The van der Waals surface area contributed by atoms with Gasteiger partial charge in [0, 0.05) is 17.6 Å². The number of aliphatic hydroxyl groups is 1. The van der Waals surface area contributed by atoms with Gasteiger partial charge in [-0.1, -0.05) is 29.8 Å². The van der Waals surface area contributed by atoms with Crippen molar-refractivity contribution in [3.63, 3.8) is 0 Å². The van der Waals surface area contributed by atoms with E-state index in [4.69, 9.17) is 16.3 Å². The van der Waals surface area contributed by atoms with Crippen LogP contribution in [0.3, 0.4) is 0 Å². The molecule has 0 aliphatic rings. The van der Waals surface area contributed by atoms with E-state index in [0.29, 0.717) is 17.3 Å². The third-order valence-corrected chi connectivity index (χ3v) is 3.83. The molecule has 124 valence electrons. The zero-order valence-electron chi connectivity index (χ0n) is 13.3. The SMILES string of the molecule is CC(C)(CO)NCc1cccc(OCc2ccc(F)cc2Cl)c1. The van der Waals surface area contributed by atoms with Crippen LogP contribution in [-0.4, -0.2) is 17.3 Å². The van der Waals surface area contributed by atoms with Gasteiger partial charge < -0.3 is 15.2 Å². The van der Waals surface area contributed by atoms with Crippen LogP contribution in [0.25, 0.3) is 0 Å². The van der Waals surface area contributed by atoms with Gasteiger partial charge in [0.25, 0.3) is 0 Å². The first-order valence-electron chi connectivity index (χ1n) is 7.41. The van der Waals surface area contributed by atoms with Crippen LogP contribution in [0, 0.1) is 5.82 Å². The Morgan fingerprint density at radius 2 is 2.00 bits per heavy atom. The van der Waals surface area contributed by atoms with Gasteiger partial charge in [0.1, 0.15) is 18.2 Å². The Kier molecular flexibility index (Phi) is 5.99. The molecular formula is C18H21ClFNO2. The maximum Gasteiger partial charge on any atom is 0.124 e. The zero-order valence-corrected chi connectivity index (χ0v) is 14.0. The molecule has 2 rings (SSSR count). The Morgan fingerprint density at radius 1 is 1.22 bits per heavy atom. The van der Waals surface area contributed by atoms with Gasteiger partial charge in [0.2, 0.25) is 0 Å². The molecule has 0 aliphatic heterocycles. The molecule has 0 saturated carbocycles. The van der Waals surface area contributed by atoms with Crippen molar-refractivity contribution >= 4 is 11.6 Å². The van der Waals surface area contributed by atoms with E-state index in [-0.39, 0.29) is 24.6 Å². The fourth-order valence-corrected chi connectivity index (χ4v) is 2.16. The summed E-state index contributed by atoms with van der Waals surface area (Å²) in [5, 5.41) is 12.9. The smallest absolute Gasteiger partial charge is 0.124 e. The van der Waals surface area contributed by atoms with Crippen molar-refractivity contribution in [1.29, 1.82) is 0 Å². The van der Waals surface area contributed by atoms with Crippen LogP contribution >= 0.6 is 11.6 Å². The van der Waals surface area contributed by atoms with E-state index in [2.05, 4.69) is 5.32 Å². The summed E-state index contributed by atoms with van der Waals surface area (Å²) in [4.78, 5) is 0. The third-order valence-electron chi connectivity index (χ3n) is 3.47. The van der Waals surface area contributed by atoms with Gasteiger partial charge in [-0.05, 0) is 43.7 Å². The van der Waals surface area contributed by atoms with E-state index in [1.165, 1.54) is 12.1 Å². The summed E-state index contributed by atoms with van der Waals surface area (Å²) >= 11 is 5.99. The fourth-order valence-electron chi connectivity index (χ4n) is 1.94. The summed E-state index contributed by atoms with van der Waals surface area (Å²) in [5.41, 5.74) is 1.45. The van der Waals surface area contributed by atoms with Crippen molar-refractivity contribution < 1.29 is 14.2 Å². The molecular weight excluding hydrogens is 317 g/mol. The Labute approximate surface area is 141 Å². The van der Waals surface area contributed by atoms with Crippen LogP contribution in [-0.2, 0) is 13.2 Å². The molecule has 0 aliphatic carbocycles. The first kappa shape index (κ1) is 17.7. The number of hydrogen-bond acceptors (Lipinski definition) is 3. The average molecular weight is 338 g/mol. The third kappa shape index (κ3) is 5.50. The van der Waals surface area contributed by atoms with Crippen molar-refractivity contribution in [3.8, 4) is 5.75 Å². The normalized spacial score (nSPS) is 11.5. The second-order valence-corrected chi connectivity index (χ2v) is 6.47. The van der Waals surface area contributed by atoms with Crippen LogP contribution in [0.1, 0.15) is 25.0 Å². The minimum absolute atomic E-state index is 0.0618. The van der Waals surface area contributed by atoms with Crippen LogP contribution in [0.2, 0.25) is 5.02 Å². The van der Waals surface area contributed by atoms with Crippen molar-refractivity contribution in [1.82, 2.24) is 5.32 Å². The molecule has 0 aromatic heterocycles. The maximum atomic E-state index is 13.0. The molecule has 0 spiro atoms. The Balaban J connectivity index is 1.97. The molecule has 2 aromatic rings. The maximum absolute atomic E-state index is 13.0. The van der Waals surface area contributed by atoms with Crippen LogP contribution < -0.4 is 10.1 Å². The summed E-state index contributed by atoms with van der Waals surface area (Å²) < 4.78 is 18.8. The molecule has 5 heteroatoms. The summed E-state index contributed by atoms with van der Waals surface area (Å²) in [5.74, 6) is 0.352. The topological polar surface area (TPSA) is 41.5 Å². The van der Waals surface area contributed by atoms with Gasteiger partial charge in [-0.15, -0.1) is 0 Å².